The fourth-order valence-corrected chi connectivity index (χ4v) is 5.80. The van der Waals surface area contributed by atoms with Crippen molar-refractivity contribution in [3.8, 4) is 0 Å². The number of nitrogens with zero attached hydrogens (tertiary/aromatic N) is 4. The minimum absolute atomic E-state index is 0.0159. The maximum atomic E-state index is 12.4. The number of aliphatic hydroxyl groups is 2. The minimum Gasteiger partial charge on any atom is -0.389 e. The molecule has 16 nitrogen and oxygen atoms in total. The highest BCUT2D eigenvalue weighted by molar-refractivity contribution is 5.87. The van der Waals surface area contributed by atoms with E-state index in [4.69, 9.17) is 11.5 Å². The number of rotatable bonds is 9. The van der Waals surface area contributed by atoms with E-state index in [1.807, 2.05) is 0 Å². The van der Waals surface area contributed by atoms with Gasteiger partial charge in [0.2, 0.25) is 11.1 Å². The van der Waals surface area contributed by atoms with Gasteiger partial charge >= 0.3 is 12.1 Å². The number of amides is 4. The van der Waals surface area contributed by atoms with E-state index in [1.54, 1.807) is 0 Å². The lowest BCUT2D eigenvalue weighted by Gasteiger charge is -2.45. The lowest BCUT2D eigenvalue weighted by molar-refractivity contribution is -0.596. The Morgan fingerprint density at radius 3 is 1.39 bits per heavy atom. The molecule has 0 spiro atoms. The van der Waals surface area contributed by atoms with Crippen LogP contribution in [0.5, 0.6) is 0 Å². The molecule has 0 aromatic heterocycles. The fourth-order valence-electron chi connectivity index (χ4n) is 5.80. The second-order valence-electron chi connectivity index (χ2n) is 11.1. The van der Waals surface area contributed by atoms with Gasteiger partial charge in [0.05, 0.1) is 11.2 Å². The summed E-state index contributed by atoms with van der Waals surface area (Å²) < 4.78 is 0. The lowest BCUT2D eigenvalue weighted by Crippen LogP contribution is -2.57. The Kier molecular flexibility index (Phi) is 9.04. The second-order valence-corrected chi connectivity index (χ2v) is 11.1. The third kappa shape index (κ3) is 6.72. The topological polar surface area (TPSA) is 262 Å². The second kappa shape index (κ2) is 11.1. The third-order valence-corrected chi connectivity index (χ3v) is 8.39. The van der Waals surface area contributed by atoms with Gasteiger partial charge in [0.1, 0.15) is 0 Å². The summed E-state index contributed by atoms with van der Waals surface area (Å²) in [6.07, 6.45) is -0.578. The third-order valence-electron chi connectivity index (χ3n) is 8.39. The molecular weight excluding hydrogens is 504 g/mol. The molecule has 0 aromatic carbocycles. The van der Waals surface area contributed by atoms with Crippen LogP contribution in [0.2, 0.25) is 0 Å². The number of hydrogen-bond acceptors (Lipinski definition) is 10. The first-order chi connectivity index (χ1) is 17.4. The van der Waals surface area contributed by atoms with E-state index in [1.165, 1.54) is 27.7 Å². The number of nitrogens with two attached hydrogens (primary N) is 2. The number of nitrogens with one attached hydrogen (secondary N) is 2. The molecule has 6 unspecified atom stereocenters. The monoisotopic (exact) mass is 542 g/mol. The SMILES string of the molecule is C/C(=N\NC(N)=O)C1CC(CCC2([N+](=O)[O-])CCC(C)(O)C(/C(C)=N/NC(N)=O)C2)([N+](=O)[O-])CCC1(C)O. The van der Waals surface area contributed by atoms with Crippen molar-refractivity contribution >= 4 is 23.5 Å². The number of nitro groups is 2. The average Bonchev–Trinajstić information content (AvgIpc) is 2.80. The predicted octanol–water partition coefficient (Wildman–Crippen LogP) is 0.988. The van der Waals surface area contributed by atoms with Gasteiger partial charge in [-0.15, -0.1) is 0 Å². The normalized spacial score (nSPS) is 36.3. The lowest BCUT2D eigenvalue weighted by atomic mass is 9.61. The maximum Gasteiger partial charge on any atom is 0.332 e. The van der Waals surface area contributed by atoms with Crippen LogP contribution < -0.4 is 22.3 Å². The van der Waals surface area contributed by atoms with E-state index in [2.05, 4.69) is 21.1 Å². The highest BCUT2D eigenvalue weighted by Crippen LogP contribution is 2.48. The van der Waals surface area contributed by atoms with Crippen molar-refractivity contribution in [3.63, 3.8) is 0 Å². The summed E-state index contributed by atoms with van der Waals surface area (Å²) in [5.41, 5.74) is 8.83. The van der Waals surface area contributed by atoms with Crippen molar-refractivity contribution in [3.05, 3.63) is 20.2 Å². The Morgan fingerprint density at radius 2 is 1.13 bits per heavy atom. The van der Waals surface area contributed by atoms with E-state index in [-0.39, 0.29) is 62.8 Å². The zero-order valence-electron chi connectivity index (χ0n) is 22.1. The standard InChI is InChI=1S/C22H38N8O8/c1-13(25-27-17(23)31)15-11-21(29(35)36,7-5-19(15,3)33)9-10-22(30(37)38)8-6-20(4,34)16(12-22)14(2)26-28-18(24)32/h15-16,33-34H,5-12H2,1-4H3,(H3,23,27,31)(H3,24,28,32)/b25-13+,26-14+. The summed E-state index contributed by atoms with van der Waals surface area (Å²) in [6.45, 7) is 6.08. The van der Waals surface area contributed by atoms with E-state index < -0.39 is 56.0 Å². The highest BCUT2D eigenvalue weighted by atomic mass is 16.6. The van der Waals surface area contributed by atoms with Gasteiger partial charge in [-0.05, 0) is 40.5 Å². The van der Waals surface area contributed by atoms with Crippen LogP contribution in [0.3, 0.4) is 0 Å². The van der Waals surface area contributed by atoms with Crippen LogP contribution in [-0.2, 0) is 0 Å². The first-order valence-corrected chi connectivity index (χ1v) is 12.3. The number of hydrogen-bond donors (Lipinski definition) is 6. The van der Waals surface area contributed by atoms with Crippen molar-refractivity contribution in [2.45, 2.75) is 101 Å². The van der Waals surface area contributed by atoms with Gasteiger partial charge in [-0.2, -0.15) is 10.2 Å². The number of carbonyl (C=O) groups excluding carboxylic acids is 2. The molecule has 2 fully saturated rings. The van der Waals surface area contributed by atoms with Gasteiger partial charge in [0.25, 0.3) is 0 Å². The maximum absolute atomic E-state index is 12.4. The molecule has 0 bridgehead atoms. The van der Waals surface area contributed by atoms with Crippen LogP contribution in [0.4, 0.5) is 9.59 Å². The summed E-state index contributed by atoms with van der Waals surface area (Å²) in [5, 5.41) is 54.4. The molecule has 2 aliphatic rings. The number of carbonyl (C=O) groups is 2. The largest absolute Gasteiger partial charge is 0.389 e. The van der Waals surface area contributed by atoms with Crippen LogP contribution in [0, 0.1) is 32.1 Å². The average molecular weight is 543 g/mol. The Morgan fingerprint density at radius 1 is 0.816 bits per heavy atom. The van der Waals surface area contributed by atoms with Crippen LogP contribution in [0.1, 0.15) is 79.1 Å². The molecule has 38 heavy (non-hydrogen) atoms. The number of hydrazone groups is 2. The molecule has 2 aliphatic carbocycles. The molecular formula is C22H38N8O8. The molecule has 2 saturated carbocycles. The van der Waals surface area contributed by atoms with Crippen LogP contribution in [-0.4, -0.2) is 65.8 Å². The van der Waals surface area contributed by atoms with Crippen LogP contribution in [0.25, 0.3) is 0 Å². The molecule has 0 heterocycles. The van der Waals surface area contributed by atoms with Gasteiger partial charge in [0, 0.05) is 71.6 Å². The summed E-state index contributed by atoms with van der Waals surface area (Å²) >= 11 is 0. The van der Waals surface area contributed by atoms with E-state index in [0.717, 1.165) is 0 Å². The quantitative estimate of drug-likeness (QED) is 0.139. The molecule has 8 N–H and O–H groups in total. The minimum atomic E-state index is -1.59. The smallest absolute Gasteiger partial charge is 0.332 e. The Labute approximate surface area is 219 Å². The van der Waals surface area contributed by atoms with Crippen molar-refractivity contribution in [2.75, 3.05) is 0 Å². The molecule has 2 rings (SSSR count). The first-order valence-electron chi connectivity index (χ1n) is 12.3. The molecule has 0 saturated heterocycles. The molecule has 16 heteroatoms. The summed E-state index contributed by atoms with van der Waals surface area (Å²) in [7, 11) is 0. The molecule has 4 amide bonds. The van der Waals surface area contributed by atoms with E-state index in [0.29, 0.717) is 0 Å². The number of urea groups is 2. The van der Waals surface area contributed by atoms with E-state index >= 15 is 0 Å². The first kappa shape index (κ1) is 30.8. The van der Waals surface area contributed by atoms with Gasteiger partial charge in [-0.1, -0.05) is 0 Å². The molecule has 214 valence electrons. The molecule has 0 aliphatic heterocycles. The van der Waals surface area contributed by atoms with Crippen LogP contribution in [0.15, 0.2) is 10.2 Å². The molecule has 0 radical (unpaired) electrons. The number of primary amides is 2. The van der Waals surface area contributed by atoms with Gasteiger partial charge in [-0.3, -0.25) is 20.2 Å². The van der Waals surface area contributed by atoms with Crippen molar-refractivity contribution in [2.24, 2.45) is 33.5 Å². The molecule has 6 atom stereocenters. The summed E-state index contributed by atoms with van der Waals surface area (Å²) in [4.78, 5) is 46.1. The van der Waals surface area contributed by atoms with Crippen molar-refractivity contribution < 1.29 is 29.6 Å². The zero-order valence-corrected chi connectivity index (χ0v) is 22.1. The van der Waals surface area contributed by atoms with Gasteiger partial charge in [0.15, 0.2) is 0 Å². The fraction of sp³-hybridized carbons (Fsp3) is 0.818. The van der Waals surface area contributed by atoms with Crippen molar-refractivity contribution in [1.82, 2.24) is 10.9 Å². The van der Waals surface area contributed by atoms with Crippen molar-refractivity contribution in [1.29, 1.82) is 0 Å². The summed E-state index contributed by atoms with van der Waals surface area (Å²) in [5.74, 6) is -1.62. The predicted molar refractivity (Wildman–Crippen MR) is 136 cm³/mol. The van der Waals surface area contributed by atoms with E-state index in [9.17, 15) is 40.0 Å². The van der Waals surface area contributed by atoms with Gasteiger partial charge < -0.3 is 21.7 Å². The molecule has 0 aromatic rings. The van der Waals surface area contributed by atoms with Crippen LogP contribution >= 0.6 is 0 Å². The summed E-state index contributed by atoms with van der Waals surface area (Å²) in [6, 6.07) is -1.86. The van der Waals surface area contributed by atoms with Gasteiger partial charge in [-0.25, -0.2) is 20.4 Å². The Bertz CT molecular complexity index is 949. The Hall–Kier alpha value is -3.40. The highest BCUT2D eigenvalue weighted by Gasteiger charge is 2.59. The zero-order chi connectivity index (χ0) is 29.1. The Balaban J connectivity index is 2.38.